The van der Waals surface area contributed by atoms with Gasteiger partial charge in [-0.2, -0.15) is 0 Å². The molecule has 0 aliphatic carbocycles. The summed E-state index contributed by atoms with van der Waals surface area (Å²) < 4.78 is 23.0. The number of benzene rings is 1. The van der Waals surface area contributed by atoms with E-state index < -0.39 is 9.84 Å². The largest absolute Gasteiger partial charge is 0.348 e. The molecule has 1 aromatic carbocycles. The van der Waals surface area contributed by atoms with Gasteiger partial charge in [-0.15, -0.1) is 0 Å². The van der Waals surface area contributed by atoms with E-state index in [9.17, 15) is 8.42 Å². The second-order valence-corrected chi connectivity index (χ2v) is 8.37. The molecule has 1 N–H and O–H groups in total. The average molecular weight is 348 g/mol. The predicted octanol–water partition coefficient (Wildman–Crippen LogP) is 1.52. The van der Waals surface area contributed by atoms with E-state index in [2.05, 4.69) is 19.8 Å². The number of imidazole rings is 1. The minimum atomic E-state index is -3.12. The molecule has 2 heterocycles. The highest BCUT2D eigenvalue weighted by atomic mass is 32.2. The number of aromatic amines is 1. The normalized spacial score (nSPS) is 17.7. The number of nitrogens with zero attached hydrogens (tertiary/aromatic N) is 3. The fourth-order valence-corrected chi connectivity index (χ4v) is 3.67. The van der Waals surface area contributed by atoms with Crippen LogP contribution in [0.25, 0.3) is 0 Å². The highest BCUT2D eigenvalue weighted by Crippen LogP contribution is 2.14. The lowest BCUT2D eigenvalue weighted by Gasteiger charge is -2.21. The molecule has 1 fully saturated rings. The predicted molar refractivity (Wildman–Crippen MR) is 93.3 cm³/mol. The van der Waals surface area contributed by atoms with Crippen molar-refractivity contribution in [1.82, 2.24) is 19.8 Å². The van der Waals surface area contributed by atoms with Crippen molar-refractivity contribution in [3.05, 3.63) is 48.0 Å². The second-order valence-electron chi connectivity index (χ2n) is 6.36. The molecule has 0 atom stereocenters. The van der Waals surface area contributed by atoms with Crippen molar-refractivity contribution >= 4 is 9.84 Å². The Balaban J connectivity index is 1.54. The Morgan fingerprint density at radius 3 is 2.29 bits per heavy atom. The molecule has 1 saturated heterocycles. The molecule has 7 heteroatoms. The van der Waals surface area contributed by atoms with Gasteiger partial charge in [0.2, 0.25) is 0 Å². The van der Waals surface area contributed by atoms with E-state index in [1.54, 1.807) is 18.3 Å². The topological polar surface area (TPSA) is 69.3 Å². The van der Waals surface area contributed by atoms with Gasteiger partial charge in [-0.1, -0.05) is 12.1 Å². The average Bonchev–Trinajstić information content (AvgIpc) is 2.95. The number of aromatic nitrogens is 2. The molecular weight excluding hydrogens is 324 g/mol. The summed E-state index contributed by atoms with van der Waals surface area (Å²) in [6.07, 6.45) is 6.02. The minimum Gasteiger partial charge on any atom is -0.348 e. The van der Waals surface area contributed by atoms with Crippen molar-refractivity contribution in [2.75, 3.05) is 32.4 Å². The van der Waals surface area contributed by atoms with Gasteiger partial charge >= 0.3 is 0 Å². The zero-order chi connectivity index (χ0) is 17.0. The molecule has 1 aliphatic heterocycles. The van der Waals surface area contributed by atoms with Crippen molar-refractivity contribution in [3.63, 3.8) is 0 Å². The van der Waals surface area contributed by atoms with Crippen LogP contribution in [0.15, 0.2) is 41.6 Å². The third-order valence-corrected chi connectivity index (χ3v) is 5.50. The van der Waals surface area contributed by atoms with Crippen LogP contribution in [-0.2, 0) is 22.9 Å². The Morgan fingerprint density at radius 1 is 1.04 bits per heavy atom. The van der Waals surface area contributed by atoms with Crippen molar-refractivity contribution in [2.24, 2.45) is 0 Å². The van der Waals surface area contributed by atoms with Gasteiger partial charge in [-0.05, 0) is 37.2 Å². The zero-order valence-corrected chi connectivity index (χ0v) is 14.8. The number of nitrogens with one attached hydrogen (secondary N) is 1. The van der Waals surface area contributed by atoms with Crippen molar-refractivity contribution < 1.29 is 8.42 Å². The van der Waals surface area contributed by atoms with E-state index in [1.807, 2.05) is 18.3 Å². The molecule has 0 spiro atoms. The van der Waals surface area contributed by atoms with Crippen molar-refractivity contribution in [3.8, 4) is 0 Å². The molecule has 0 unspecified atom stereocenters. The maximum Gasteiger partial charge on any atom is 0.175 e. The van der Waals surface area contributed by atoms with Crippen molar-refractivity contribution in [1.29, 1.82) is 0 Å². The first-order chi connectivity index (χ1) is 11.5. The number of rotatable bonds is 5. The third kappa shape index (κ3) is 4.66. The number of hydrogen-bond acceptors (Lipinski definition) is 5. The highest BCUT2D eigenvalue weighted by molar-refractivity contribution is 7.90. The zero-order valence-electron chi connectivity index (χ0n) is 14.0. The smallest absolute Gasteiger partial charge is 0.175 e. The van der Waals surface area contributed by atoms with Gasteiger partial charge < -0.3 is 4.98 Å². The van der Waals surface area contributed by atoms with Crippen LogP contribution in [0.1, 0.15) is 17.8 Å². The van der Waals surface area contributed by atoms with E-state index in [0.717, 1.165) is 57.1 Å². The first-order valence-corrected chi connectivity index (χ1v) is 10.1. The molecule has 130 valence electrons. The highest BCUT2D eigenvalue weighted by Gasteiger charge is 2.16. The molecule has 0 amide bonds. The van der Waals surface area contributed by atoms with Crippen LogP contribution in [0.2, 0.25) is 0 Å². The third-order valence-electron chi connectivity index (χ3n) is 4.37. The summed E-state index contributed by atoms with van der Waals surface area (Å²) in [6, 6.07) is 7.24. The molecule has 24 heavy (non-hydrogen) atoms. The van der Waals surface area contributed by atoms with E-state index in [0.29, 0.717) is 4.90 Å². The maximum atomic E-state index is 11.5. The molecule has 0 radical (unpaired) electrons. The van der Waals surface area contributed by atoms with Crippen LogP contribution < -0.4 is 0 Å². The molecule has 2 aromatic rings. The Bertz CT molecular complexity index is 741. The van der Waals surface area contributed by atoms with Gasteiger partial charge in [0.05, 0.1) is 11.4 Å². The van der Waals surface area contributed by atoms with Gasteiger partial charge in [-0.25, -0.2) is 13.4 Å². The quantitative estimate of drug-likeness (QED) is 0.887. The Labute approximate surface area is 143 Å². The molecule has 3 rings (SSSR count). The fraction of sp³-hybridized carbons (Fsp3) is 0.471. The summed E-state index contributed by atoms with van der Waals surface area (Å²) in [7, 11) is -3.12. The monoisotopic (exact) mass is 348 g/mol. The van der Waals surface area contributed by atoms with E-state index >= 15 is 0 Å². The lowest BCUT2D eigenvalue weighted by Crippen LogP contribution is -2.30. The standard InChI is InChI=1S/C17H24N4O2S/c1-24(22,23)16-5-3-15(4-6-16)13-20-9-2-10-21(12-11-20)14-17-18-7-8-19-17/h3-8H,2,9-14H2,1H3,(H,18,19). The van der Waals surface area contributed by atoms with E-state index in [4.69, 9.17) is 0 Å². The number of sulfone groups is 1. The Hall–Kier alpha value is -1.70. The van der Waals surface area contributed by atoms with E-state index in [-0.39, 0.29) is 0 Å². The first-order valence-electron chi connectivity index (χ1n) is 8.23. The van der Waals surface area contributed by atoms with E-state index in [1.165, 1.54) is 6.26 Å². The van der Waals surface area contributed by atoms with Crippen LogP contribution in [0.4, 0.5) is 0 Å². The molecule has 6 nitrogen and oxygen atoms in total. The molecule has 1 aromatic heterocycles. The number of H-pyrrole nitrogens is 1. The Kier molecular flexibility index (Phi) is 5.33. The first kappa shape index (κ1) is 17.1. The fourth-order valence-electron chi connectivity index (χ4n) is 3.04. The molecular formula is C17H24N4O2S. The molecule has 0 bridgehead atoms. The van der Waals surface area contributed by atoms with Gasteiger partial charge in [0.15, 0.2) is 9.84 Å². The number of hydrogen-bond donors (Lipinski definition) is 1. The van der Waals surface area contributed by atoms with Crippen LogP contribution in [0, 0.1) is 0 Å². The van der Waals surface area contributed by atoms with Crippen molar-refractivity contribution in [2.45, 2.75) is 24.4 Å². The molecule has 0 saturated carbocycles. The Morgan fingerprint density at radius 2 is 1.71 bits per heavy atom. The maximum absolute atomic E-state index is 11.5. The summed E-state index contributed by atoms with van der Waals surface area (Å²) in [5.74, 6) is 1.01. The summed E-state index contributed by atoms with van der Waals surface area (Å²) >= 11 is 0. The van der Waals surface area contributed by atoms with Gasteiger partial charge in [0.1, 0.15) is 5.82 Å². The molecule has 1 aliphatic rings. The van der Waals surface area contributed by atoms with Gasteiger partial charge in [0, 0.05) is 38.3 Å². The lowest BCUT2D eigenvalue weighted by molar-refractivity contribution is 0.244. The van der Waals surface area contributed by atoms with Gasteiger partial charge in [-0.3, -0.25) is 9.80 Å². The second kappa shape index (κ2) is 7.46. The van der Waals surface area contributed by atoms with Crippen LogP contribution in [0.3, 0.4) is 0 Å². The van der Waals surface area contributed by atoms with Crippen LogP contribution >= 0.6 is 0 Å². The summed E-state index contributed by atoms with van der Waals surface area (Å²) in [5, 5.41) is 0. The SMILES string of the molecule is CS(=O)(=O)c1ccc(CN2CCCN(Cc3ncc[nH]3)CC2)cc1. The van der Waals surface area contributed by atoms with Gasteiger partial charge in [0.25, 0.3) is 0 Å². The summed E-state index contributed by atoms with van der Waals surface area (Å²) in [4.78, 5) is 12.7. The summed E-state index contributed by atoms with van der Waals surface area (Å²) in [6.45, 7) is 5.88. The van der Waals surface area contributed by atoms with Crippen LogP contribution in [-0.4, -0.2) is 60.6 Å². The minimum absolute atomic E-state index is 0.381. The summed E-state index contributed by atoms with van der Waals surface area (Å²) in [5.41, 5.74) is 1.15. The van der Waals surface area contributed by atoms with Crippen LogP contribution in [0.5, 0.6) is 0 Å². The lowest BCUT2D eigenvalue weighted by atomic mass is 10.2.